The zero-order chi connectivity index (χ0) is 12.0. The van der Waals surface area contributed by atoms with E-state index < -0.39 is 17.9 Å². The smallest absolute Gasteiger partial charge is 0.315 e. The zero-order valence-electron chi connectivity index (χ0n) is 8.73. The summed E-state index contributed by atoms with van der Waals surface area (Å²) in [6.07, 6.45) is 1.33. The third-order valence-corrected chi connectivity index (χ3v) is 1.87. The summed E-state index contributed by atoms with van der Waals surface area (Å²) in [5, 5.41) is 19.7. The lowest BCUT2D eigenvalue weighted by Crippen LogP contribution is -2.39. The number of H-pyrrole nitrogens is 1. The molecule has 0 aromatic carbocycles. The molecule has 0 radical (unpaired) electrons. The molecular formula is C8H13N5O3. The van der Waals surface area contributed by atoms with Gasteiger partial charge in [0.2, 0.25) is 0 Å². The monoisotopic (exact) mass is 227 g/mol. The molecular weight excluding hydrogens is 214 g/mol. The molecule has 0 saturated heterocycles. The second-order valence-electron chi connectivity index (χ2n) is 3.24. The van der Waals surface area contributed by atoms with E-state index in [2.05, 4.69) is 25.8 Å². The highest BCUT2D eigenvalue weighted by molar-refractivity contribution is 5.75. The summed E-state index contributed by atoms with van der Waals surface area (Å²) < 4.78 is 0. The van der Waals surface area contributed by atoms with Crippen molar-refractivity contribution in [1.82, 2.24) is 25.8 Å². The first-order valence-electron chi connectivity index (χ1n) is 4.68. The fourth-order valence-corrected chi connectivity index (χ4v) is 0.876. The molecule has 0 saturated carbocycles. The molecule has 0 bridgehead atoms. The van der Waals surface area contributed by atoms with Crippen LogP contribution in [0.4, 0.5) is 4.79 Å². The Hall–Kier alpha value is -2.12. The summed E-state index contributed by atoms with van der Waals surface area (Å²) in [6.45, 7) is 1.81. The van der Waals surface area contributed by atoms with Crippen LogP contribution in [-0.4, -0.2) is 38.8 Å². The first kappa shape index (κ1) is 12.0. The third kappa shape index (κ3) is 3.95. The summed E-state index contributed by atoms with van der Waals surface area (Å²) >= 11 is 0. The Labute approximate surface area is 91.5 Å². The van der Waals surface area contributed by atoms with Gasteiger partial charge < -0.3 is 15.7 Å². The number of aliphatic carboxylic acids is 1. The number of rotatable bonds is 5. The summed E-state index contributed by atoms with van der Waals surface area (Å²) in [5.41, 5.74) is 0. The fraction of sp³-hybridized carbons (Fsp3) is 0.500. The van der Waals surface area contributed by atoms with E-state index in [4.69, 9.17) is 5.11 Å². The summed E-state index contributed by atoms with van der Waals surface area (Å²) in [7, 11) is 0. The largest absolute Gasteiger partial charge is 0.481 e. The molecule has 1 unspecified atom stereocenters. The highest BCUT2D eigenvalue weighted by atomic mass is 16.4. The first-order chi connectivity index (χ1) is 7.59. The maximum Gasteiger partial charge on any atom is 0.315 e. The molecule has 0 aliphatic rings. The van der Waals surface area contributed by atoms with Gasteiger partial charge in [-0.15, -0.1) is 0 Å². The molecule has 2 amide bonds. The van der Waals surface area contributed by atoms with E-state index in [-0.39, 0.29) is 13.1 Å². The maximum absolute atomic E-state index is 11.2. The van der Waals surface area contributed by atoms with E-state index in [1.165, 1.54) is 13.3 Å². The van der Waals surface area contributed by atoms with Gasteiger partial charge in [-0.25, -0.2) is 9.78 Å². The number of carboxylic acid groups (broad SMARTS) is 1. The van der Waals surface area contributed by atoms with Gasteiger partial charge in [-0.05, 0) is 0 Å². The van der Waals surface area contributed by atoms with Crippen LogP contribution < -0.4 is 10.6 Å². The molecule has 0 aliphatic carbocycles. The van der Waals surface area contributed by atoms with Crippen LogP contribution in [0.3, 0.4) is 0 Å². The van der Waals surface area contributed by atoms with Crippen LogP contribution in [0, 0.1) is 5.92 Å². The Morgan fingerprint density at radius 2 is 2.31 bits per heavy atom. The number of nitrogens with zero attached hydrogens (tertiary/aromatic N) is 2. The van der Waals surface area contributed by atoms with E-state index >= 15 is 0 Å². The van der Waals surface area contributed by atoms with Crippen LogP contribution in [0.1, 0.15) is 12.7 Å². The molecule has 1 atom stereocenters. The number of aromatic amines is 1. The van der Waals surface area contributed by atoms with Crippen molar-refractivity contribution in [2.75, 3.05) is 6.54 Å². The quantitative estimate of drug-likeness (QED) is 0.531. The van der Waals surface area contributed by atoms with Gasteiger partial charge in [0.05, 0.1) is 12.5 Å². The Morgan fingerprint density at radius 1 is 1.56 bits per heavy atom. The Bertz CT molecular complexity index is 351. The van der Waals surface area contributed by atoms with Crippen LogP contribution >= 0.6 is 0 Å². The van der Waals surface area contributed by atoms with Gasteiger partial charge in [0, 0.05) is 6.54 Å². The van der Waals surface area contributed by atoms with Crippen molar-refractivity contribution < 1.29 is 14.7 Å². The van der Waals surface area contributed by atoms with Gasteiger partial charge in [-0.2, -0.15) is 5.10 Å². The van der Waals surface area contributed by atoms with E-state index in [1.807, 2.05) is 0 Å². The molecule has 8 nitrogen and oxygen atoms in total. The number of amides is 2. The minimum absolute atomic E-state index is 0.0809. The Morgan fingerprint density at radius 3 is 2.88 bits per heavy atom. The van der Waals surface area contributed by atoms with Crippen molar-refractivity contribution >= 4 is 12.0 Å². The average molecular weight is 227 g/mol. The highest BCUT2D eigenvalue weighted by Crippen LogP contribution is 1.91. The maximum atomic E-state index is 11.2. The minimum atomic E-state index is -0.949. The van der Waals surface area contributed by atoms with Crippen molar-refractivity contribution in [3.63, 3.8) is 0 Å². The van der Waals surface area contributed by atoms with Crippen LogP contribution in [-0.2, 0) is 11.3 Å². The second kappa shape index (κ2) is 5.69. The van der Waals surface area contributed by atoms with E-state index in [9.17, 15) is 9.59 Å². The van der Waals surface area contributed by atoms with Crippen LogP contribution in [0.2, 0.25) is 0 Å². The number of carbonyl (C=O) groups is 2. The molecule has 88 valence electrons. The normalized spacial score (nSPS) is 11.8. The van der Waals surface area contributed by atoms with E-state index in [0.29, 0.717) is 5.82 Å². The van der Waals surface area contributed by atoms with Crippen molar-refractivity contribution in [2.24, 2.45) is 5.92 Å². The van der Waals surface area contributed by atoms with Crippen molar-refractivity contribution in [2.45, 2.75) is 13.5 Å². The minimum Gasteiger partial charge on any atom is -0.481 e. The number of carboxylic acids is 1. The van der Waals surface area contributed by atoms with Crippen molar-refractivity contribution in [3.8, 4) is 0 Å². The number of hydrogen-bond acceptors (Lipinski definition) is 4. The van der Waals surface area contributed by atoms with Crippen LogP contribution in [0.15, 0.2) is 6.33 Å². The lowest BCUT2D eigenvalue weighted by atomic mass is 10.2. The lowest BCUT2D eigenvalue weighted by molar-refractivity contribution is -0.140. The predicted octanol–water partition coefficient (Wildman–Crippen LogP) is -0.675. The van der Waals surface area contributed by atoms with Gasteiger partial charge in [-0.1, -0.05) is 6.92 Å². The predicted molar refractivity (Wildman–Crippen MR) is 53.4 cm³/mol. The lowest BCUT2D eigenvalue weighted by Gasteiger charge is -2.08. The molecule has 1 aromatic rings. The topological polar surface area (TPSA) is 120 Å². The molecule has 16 heavy (non-hydrogen) atoms. The third-order valence-electron chi connectivity index (χ3n) is 1.87. The fourth-order valence-electron chi connectivity index (χ4n) is 0.876. The van der Waals surface area contributed by atoms with E-state index in [1.54, 1.807) is 0 Å². The van der Waals surface area contributed by atoms with Gasteiger partial charge in [0.1, 0.15) is 12.2 Å². The van der Waals surface area contributed by atoms with Crippen molar-refractivity contribution in [3.05, 3.63) is 12.2 Å². The Balaban J connectivity index is 2.19. The summed E-state index contributed by atoms with van der Waals surface area (Å²) in [6, 6.07) is -0.440. The SMILES string of the molecule is CC(CNC(=O)NCc1ncn[nH]1)C(=O)O. The van der Waals surface area contributed by atoms with E-state index in [0.717, 1.165) is 0 Å². The second-order valence-corrected chi connectivity index (χ2v) is 3.24. The first-order valence-corrected chi connectivity index (χ1v) is 4.68. The molecule has 1 aromatic heterocycles. The molecule has 1 rings (SSSR count). The van der Waals surface area contributed by atoms with Gasteiger partial charge in [0.15, 0.2) is 0 Å². The Kier molecular flexibility index (Phi) is 4.25. The number of carbonyl (C=O) groups excluding carboxylic acids is 1. The number of aromatic nitrogens is 3. The molecule has 0 aliphatic heterocycles. The molecule has 4 N–H and O–H groups in total. The highest BCUT2D eigenvalue weighted by Gasteiger charge is 2.11. The molecule has 0 spiro atoms. The van der Waals surface area contributed by atoms with Crippen LogP contribution in [0.5, 0.6) is 0 Å². The summed E-state index contributed by atoms with van der Waals surface area (Å²) in [4.78, 5) is 25.5. The molecule has 8 heteroatoms. The number of nitrogens with one attached hydrogen (secondary N) is 3. The van der Waals surface area contributed by atoms with Gasteiger partial charge in [0.25, 0.3) is 0 Å². The zero-order valence-corrected chi connectivity index (χ0v) is 8.73. The van der Waals surface area contributed by atoms with Gasteiger partial charge in [-0.3, -0.25) is 9.89 Å². The molecule has 0 fully saturated rings. The van der Waals surface area contributed by atoms with Crippen molar-refractivity contribution in [1.29, 1.82) is 0 Å². The average Bonchev–Trinajstić information content (AvgIpc) is 2.75. The van der Waals surface area contributed by atoms with Gasteiger partial charge >= 0.3 is 12.0 Å². The summed E-state index contributed by atoms with van der Waals surface area (Å²) in [5.74, 6) is -1.03. The number of urea groups is 1. The standard InChI is InChI=1S/C8H13N5O3/c1-5(7(14)15)2-9-8(16)10-3-6-11-4-12-13-6/h4-5H,2-3H2,1H3,(H,14,15)(H2,9,10,16)(H,11,12,13). The number of hydrogen-bond donors (Lipinski definition) is 4. The van der Waals surface area contributed by atoms with Crippen LogP contribution in [0.25, 0.3) is 0 Å². The molecule has 1 heterocycles.